The van der Waals surface area contributed by atoms with E-state index < -0.39 is 9.84 Å². The maximum absolute atomic E-state index is 13.3. The Bertz CT molecular complexity index is 1230. The Morgan fingerprint density at radius 3 is 2.35 bits per heavy atom. The van der Waals surface area contributed by atoms with Gasteiger partial charge in [0.1, 0.15) is 5.75 Å². The molecular formula is C25H33N3O4S2. The van der Waals surface area contributed by atoms with Crippen LogP contribution >= 0.6 is 11.3 Å². The van der Waals surface area contributed by atoms with Gasteiger partial charge in [0.25, 0.3) is 0 Å². The minimum Gasteiger partial charge on any atom is -0.497 e. The van der Waals surface area contributed by atoms with Crippen LogP contribution in [0.1, 0.15) is 31.4 Å². The van der Waals surface area contributed by atoms with Crippen molar-refractivity contribution in [3.05, 3.63) is 47.5 Å². The third-order valence-electron chi connectivity index (χ3n) is 5.88. The second kappa shape index (κ2) is 11.3. The normalized spacial score (nSPS) is 11.8. The molecule has 0 fully saturated rings. The molecule has 0 atom stereocenters. The first-order valence-electron chi connectivity index (χ1n) is 11.5. The van der Waals surface area contributed by atoms with Crippen molar-refractivity contribution >= 4 is 42.4 Å². The van der Waals surface area contributed by atoms with E-state index in [4.69, 9.17) is 9.72 Å². The van der Waals surface area contributed by atoms with Gasteiger partial charge in [0.05, 0.1) is 28.0 Å². The quantitative estimate of drug-likeness (QED) is 0.384. The minimum atomic E-state index is -3.60. The number of anilines is 1. The number of likely N-dealkylation sites (N-methyl/N-ethyl adjacent to an activating group) is 1. The van der Waals surface area contributed by atoms with Gasteiger partial charge in [-0.25, -0.2) is 13.4 Å². The molecule has 0 radical (unpaired) electrons. The van der Waals surface area contributed by atoms with Crippen LogP contribution in [0.4, 0.5) is 5.13 Å². The Kier molecular flexibility index (Phi) is 8.67. The summed E-state index contributed by atoms with van der Waals surface area (Å²) in [5, 5.41) is 0.614. The molecule has 7 nitrogen and oxygen atoms in total. The lowest BCUT2D eigenvalue weighted by Crippen LogP contribution is -2.39. The Morgan fingerprint density at radius 1 is 1.06 bits per heavy atom. The average molecular weight is 504 g/mol. The predicted molar refractivity (Wildman–Crippen MR) is 139 cm³/mol. The van der Waals surface area contributed by atoms with Gasteiger partial charge in [0.15, 0.2) is 15.0 Å². The van der Waals surface area contributed by atoms with Crippen LogP contribution in [-0.2, 0) is 14.6 Å². The zero-order valence-electron chi connectivity index (χ0n) is 20.5. The first-order chi connectivity index (χ1) is 16.2. The minimum absolute atomic E-state index is 0.111. The molecule has 0 aliphatic carbocycles. The molecule has 0 aliphatic rings. The van der Waals surface area contributed by atoms with E-state index in [-0.39, 0.29) is 23.0 Å². The number of methoxy groups -OCH3 is 1. The number of aryl methyl sites for hydroxylation is 2. The van der Waals surface area contributed by atoms with Crippen LogP contribution in [0.5, 0.6) is 5.75 Å². The van der Waals surface area contributed by atoms with Gasteiger partial charge >= 0.3 is 0 Å². The van der Waals surface area contributed by atoms with E-state index in [9.17, 15) is 13.2 Å². The standard InChI is InChI=1S/C25H33N3O4S2/c1-6-27(7-2)13-14-28(25-26-22-17-18(3)16-19(4)24(22)33-25)23(29)12-15-34(30,31)21-10-8-20(32-5)9-11-21/h8-11,16-17H,6-7,12-15H2,1-5H3. The second-order valence-electron chi connectivity index (χ2n) is 8.24. The molecule has 3 rings (SSSR count). The van der Waals surface area contributed by atoms with Crippen LogP contribution < -0.4 is 9.64 Å². The first-order valence-corrected chi connectivity index (χ1v) is 13.9. The molecular weight excluding hydrogens is 470 g/mol. The predicted octanol–water partition coefficient (Wildman–Crippen LogP) is 4.46. The van der Waals surface area contributed by atoms with Crippen molar-refractivity contribution < 1.29 is 17.9 Å². The maximum Gasteiger partial charge on any atom is 0.229 e. The molecule has 34 heavy (non-hydrogen) atoms. The number of sulfone groups is 1. The van der Waals surface area contributed by atoms with Gasteiger partial charge in [-0.2, -0.15) is 0 Å². The summed E-state index contributed by atoms with van der Waals surface area (Å²) in [5.74, 6) is 0.0832. The number of ether oxygens (including phenoxy) is 1. The molecule has 184 valence electrons. The zero-order valence-corrected chi connectivity index (χ0v) is 22.1. The zero-order chi connectivity index (χ0) is 24.9. The smallest absolute Gasteiger partial charge is 0.229 e. The Labute approximate surface area is 206 Å². The molecule has 9 heteroatoms. The van der Waals surface area contributed by atoms with Crippen molar-refractivity contribution in [3.8, 4) is 5.75 Å². The largest absolute Gasteiger partial charge is 0.497 e. The number of carbonyl (C=O) groups excluding carboxylic acids is 1. The maximum atomic E-state index is 13.3. The number of benzene rings is 2. The Hall–Kier alpha value is -2.49. The fraction of sp³-hybridized carbons (Fsp3) is 0.440. The number of nitrogens with zero attached hydrogens (tertiary/aromatic N) is 3. The first kappa shape index (κ1) is 26.1. The van der Waals surface area contributed by atoms with Crippen molar-refractivity contribution in [2.45, 2.75) is 39.0 Å². The number of hydrogen-bond acceptors (Lipinski definition) is 7. The molecule has 0 spiro atoms. The number of rotatable bonds is 11. The lowest BCUT2D eigenvalue weighted by atomic mass is 10.1. The fourth-order valence-electron chi connectivity index (χ4n) is 3.85. The topological polar surface area (TPSA) is 79.8 Å². The lowest BCUT2D eigenvalue weighted by Gasteiger charge is -2.24. The third kappa shape index (κ3) is 6.14. The molecule has 1 heterocycles. The van der Waals surface area contributed by atoms with Crippen LogP contribution in [0.15, 0.2) is 41.3 Å². The Balaban J connectivity index is 1.83. The summed E-state index contributed by atoms with van der Waals surface area (Å²) in [4.78, 5) is 22.1. The number of carbonyl (C=O) groups is 1. The summed E-state index contributed by atoms with van der Waals surface area (Å²) in [7, 11) is -2.08. The van der Waals surface area contributed by atoms with Crippen molar-refractivity contribution in [2.24, 2.45) is 0 Å². The van der Waals surface area contributed by atoms with E-state index in [1.54, 1.807) is 17.0 Å². The fourth-order valence-corrected chi connectivity index (χ4v) is 6.13. The summed E-state index contributed by atoms with van der Waals surface area (Å²) in [6, 6.07) is 10.4. The number of aromatic nitrogens is 1. The lowest BCUT2D eigenvalue weighted by molar-refractivity contribution is -0.118. The number of thiazole rings is 1. The van der Waals surface area contributed by atoms with Crippen LogP contribution in [-0.4, -0.2) is 63.3 Å². The van der Waals surface area contributed by atoms with Gasteiger partial charge < -0.3 is 9.64 Å². The summed E-state index contributed by atoms with van der Waals surface area (Å²) in [6.45, 7) is 11.1. The number of fused-ring (bicyclic) bond motifs is 1. The van der Waals surface area contributed by atoms with Crippen LogP contribution in [0, 0.1) is 13.8 Å². The van der Waals surface area contributed by atoms with Crippen molar-refractivity contribution in [1.82, 2.24) is 9.88 Å². The molecule has 0 aliphatic heterocycles. The van der Waals surface area contributed by atoms with E-state index >= 15 is 0 Å². The van der Waals surface area contributed by atoms with Crippen LogP contribution in [0.25, 0.3) is 10.2 Å². The SMILES string of the molecule is CCN(CC)CCN(C(=O)CCS(=O)(=O)c1ccc(OC)cc1)c1nc2cc(C)cc(C)c2s1. The molecule has 0 N–H and O–H groups in total. The number of amides is 1. The number of hydrogen-bond donors (Lipinski definition) is 0. The molecule has 0 unspecified atom stereocenters. The molecule has 3 aromatic rings. The van der Waals surface area contributed by atoms with Gasteiger partial charge in [0, 0.05) is 19.5 Å². The monoisotopic (exact) mass is 503 g/mol. The van der Waals surface area contributed by atoms with Gasteiger partial charge in [-0.05, 0) is 68.4 Å². The van der Waals surface area contributed by atoms with Crippen LogP contribution in [0.2, 0.25) is 0 Å². The van der Waals surface area contributed by atoms with E-state index in [2.05, 4.69) is 24.8 Å². The van der Waals surface area contributed by atoms with Crippen molar-refractivity contribution in [3.63, 3.8) is 0 Å². The van der Waals surface area contributed by atoms with Crippen LogP contribution in [0.3, 0.4) is 0 Å². The summed E-state index contributed by atoms with van der Waals surface area (Å²) < 4.78 is 31.8. The molecule has 2 aromatic carbocycles. The van der Waals surface area contributed by atoms with E-state index in [0.29, 0.717) is 24.0 Å². The van der Waals surface area contributed by atoms with E-state index in [1.807, 2.05) is 19.9 Å². The highest BCUT2D eigenvalue weighted by molar-refractivity contribution is 7.91. The van der Waals surface area contributed by atoms with Gasteiger partial charge in [0.2, 0.25) is 5.91 Å². The van der Waals surface area contributed by atoms with Crippen molar-refractivity contribution in [1.29, 1.82) is 0 Å². The van der Waals surface area contributed by atoms with Gasteiger partial charge in [-0.15, -0.1) is 0 Å². The summed E-state index contributed by atoms with van der Waals surface area (Å²) >= 11 is 1.48. The molecule has 0 bridgehead atoms. The summed E-state index contributed by atoms with van der Waals surface area (Å²) in [6.07, 6.45) is -0.111. The van der Waals surface area contributed by atoms with Crippen molar-refractivity contribution in [2.75, 3.05) is 43.9 Å². The highest BCUT2D eigenvalue weighted by Crippen LogP contribution is 2.32. The average Bonchev–Trinajstić information content (AvgIpc) is 3.24. The highest BCUT2D eigenvalue weighted by atomic mass is 32.2. The Morgan fingerprint density at radius 2 is 1.74 bits per heavy atom. The summed E-state index contributed by atoms with van der Waals surface area (Å²) in [5.41, 5.74) is 3.11. The van der Waals surface area contributed by atoms with Gasteiger partial charge in [-0.1, -0.05) is 31.3 Å². The van der Waals surface area contributed by atoms with E-state index in [0.717, 1.165) is 34.4 Å². The van der Waals surface area contributed by atoms with Gasteiger partial charge in [-0.3, -0.25) is 9.69 Å². The third-order valence-corrected chi connectivity index (χ3v) is 8.84. The molecule has 0 saturated heterocycles. The molecule has 1 amide bonds. The van der Waals surface area contributed by atoms with E-state index in [1.165, 1.54) is 30.6 Å². The molecule has 1 aromatic heterocycles. The highest BCUT2D eigenvalue weighted by Gasteiger charge is 2.24. The second-order valence-corrected chi connectivity index (χ2v) is 11.3. The molecule has 0 saturated carbocycles.